The third kappa shape index (κ3) is 4.86. The van der Waals surface area contributed by atoms with Crippen LogP contribution in [0.25, 0.3) is 0 Å². The summed E-state index contributed by atoms with van der Waals surface area (Å²) in [7, 11) is 0. The van der Waals surface area contributed by atoms with Gasteiger partial charge in [-0.1, -0.05) is 41.9 Å². The molecule has 2 aromatic heterocycles. The van der Waals surface area contributed by atoms with Crippen molar-refractivity contribution in [1.82, 2.24) is 19.6 Å². The number of nitrogens with zero attached hydrogens (tertiary/aromatic N) is 4. The first-order chi connectivity index (χ1) is 14.9. The quantitative estimate of drug-likeness (QED) is 0.465. The summed E-state index contributed by atoms with van der Waals surface area (Å²) in [5.41, 5.74) is 5.58. The molecule has 0 atom stereocenters. The Hall–Kier alpha value is -3.38. The predicted molar refractivity (Wildman–Crippen MR) is 123 cm³/mol. The van der Waals surface area contributed by atoms with Crippen LogP contribution in [0, 0.1) is 20.8 Å². The van der Waals surface area contributed by atoms with E-state index in [1.54, 1.807) is 6.07 Å². The molecule has 0 aliphatic rings. The van der Waals surface area contributed by atoms with Gasteiger partial charge in [-0.15, -0.1) is 0 Å². The standard InChI is InChI=1S/C24H24ClN5O/c1-16-11-17(2)29(27-16)14-19-7-6-9-20(13-19)24(31)26-23-12-18(3)30(28-23)15-21-8-4-5-10-22(21)25/h4-13H,14-15H2,1-3H3,(H,26,28,31). The topological polar surface area (TPSA) is 64.7 Å². The largest absolute Gasteiger partial charge is 0.305 e. The second-order valence-corrected chi connectivity index (χ2v) is 8.07. The van der Waals surface area contributed by atoms with Crippen molar-refractivity contribution in [1.29, 1.82) is 0 Å². The molecular formula is C24H24ClN5O. The number of carbonyl (C=O) groups is 1. The Morgan fingerprint density at radius 2 is 1.65 bits per heavy atom. The van der Waals surface area contributed by atoms with Crippen molar-refractivity contribution in [3.05, 3.63) is 99.5 Å². The van der Waals surface area contributed by atoms with E-state index in [4.69, 9.17) is 11.6 Å². The molecule has 0 saturated carbocycles. The monoisotopic (exact) mass is 433 g/mol. The molecule has 7 heteroatoms. The highest BCUT2D eigenvalue weighted by Crippen LogP contribution is 2.19. The normalized spacial score (nSPS) is 11.0. The Kier molecular flexibility index (Phi) is 5.91. The lowest BCUT2D eigenvalue weighted by Gasteiger charge is -2.08. The number of halogens is 1. The molecule has 0 aliphatic heterocycles. The highest BCUT2D eigenvalue weighted by atomic mass is 35.5. The van der Waals surface area contributed by atoms with Crippen LogP contribution in [0.15, 0.2) is 60.7 Å². The lowest BCUT2D eigenvalue weighted by molar-refractivity contribution is 0.102. The van der Waals surface area contributed by atoms with Crippen LogP contribution in [0.5, 0.6) is 0 Å². The fraction of sp³-hybridized carbons (Fsp3) is 0.208. The van der Waals surface area contributed by atoms with Gasteiger partial charge < -0.3 is 5.32 Å². The zero-order valence-corrected chi connectivity index (χ0v) is 18.5. The Morgan fingerprint density at radius 3 is 2.39 bits per heavy atom. The van der Waals surface area contributed by atoms with Gasteiger partial charge in [-0.25, -0.2) is 0 Å². The summed E-state index contributed by atoms with van der Waals surface area (Å²) in [6.07, 6.45) is 0. The second kappa shape index (κ2) is 8.78. The summed E-state index contributed by atoms with van der Waals surface area (Å²) >= 11 is 6.26. The minimum Gasteiger partial charge on any atom is -0.305 e. The van der Waals surface area contributed by atoms with Crippen molar-refractivity contribution in [2.75, 3.05) is 5.32 Å². The molecule has 1 amide bonds. The summed E-state index contributed by atoms with van der Waals surface area (Å²) < 4.78 is 3.77. The third-order valence-electron chi connectivity index (χ3n) is 5.13. The van der Waals surface area contributed by atoms with Crippen LogP contribution in [-0.4, -0.2) is 25.5 Å². The molecule has 0 unspecified atom stereocenters. The summed E-state index contributed by atoms with van der Waals surface area (Å²) in [4.78, 5) is 12.8. The number of nitrogens with one attached hydrogen (secondary N) is 1. The molecule has 0 radical (unpaired) electrons. The van der Waals surface area contributed by atoms with E-state index >= 15 is 0 Å². The van der Waals surface area contributed by atoms with Crippen molar-refractivity contribution >= 4 is 23.3 Å². The molecule has 31 heavy (non-hydrogen) atoms. The third-order valence-corrected chi connectivity index (χ3v) is 5.49. The summed E-state index contributed by atoms with van der Waals surface area (Å²) in [5.74, 6) is 0.316. The van der Waals surface area contributed by atoms with Gasteiger partial charge in [0.2, 0.25) is 0 Å². The number of rotatable bonds is 6. The van der Waals surface area contributed by atoms with E-state index in [9.17, 15) is 4.79 Å². The highest BCUT2D eigenvalue weighted by Gasteiger charge is 2.12. The molecule has 4 rings (SSSR count). The average molecular weight is 434 g/mol. The number of anilines is 1. The maximum atomic E-state index is 12.8. The van der Waals surface area contributed by atoms with Gasteiger partial charge in [-0.2, -0.15) is 10.2 Å². The van der Waals surface area contributed by atoms with Gasteiger partial charge in [-0.3, -0.25) is 14.2 Å². The van der Waals surface area contributed by atoms with E-state index in [0.717, 1.165) is 28.2 Å². The number of amides is 1. The van der Waals surface area contributed by atoms with E-state index in [-0.39, 0.29) is 5.91 Å². The Morgan fingerprint density at radius 1 is 0.903 bits per heavy atom. The van der Waals surface area contributed by atoms with Crippen LogP contribution in [0.3, 0.4) is 0 Å². The summed E-state index contributed by atoms with van der Waals surface area (Å²) in [6.45, 7) is 7.11. The second-order valence-electron chi connectivity index (χ2n) is 7.66. The Balaban J connectivity index is 1.47. The molecule has 0 spiro atoms. The van der Waals surface area contributed by atoms with E-state index in [1.165, 1.54) is 0 Å². The summed E-state index contributed by atoms with van der Waals surface area (Å²) in [6, 6.07) is 19.1. The SMILES string of the molecule is Cc1cc(C)n(Cc2cccc(C(=O)Nc3cc(C)n(Cc4ccccc4Cl)n3)c2)n1. The minimum atomic E-state index is -0.197. The molecule has 0 aliphatic carbocycles. The molecule has 0 bridgehead atoms. The number of aromatic nitrogens is 4. The van der Waals surface area contributed by atoms with E-state index in [1.807, 2.05) is 84.7 Å². The van der Waals surface area contributed by atoms with Gasteiger partial charge in [0.15, 0.2) is 5.82 Å². The molecule has 4 aromatic rings. The minimum absolute atomic E-state index is 0.197. The molecular weight excluding hydrogens is 410 g/mol. The van der Waals surface area contributed by atoms with E-state index in [2.05, 4.69) is 15.5 Å². The molecule has 158 valence electrons. The first-order valence-electron chi connectivity index (χ1n) is 10.1. The van der Waals surface area contributed by atoms with Gasteiger partial charge in [0.25, 0.3) is 5.91 Å². The van der Waals surface area contributed by atoms with Crippen LogP contribution >= 0.6 is 11.6 Å². The summed E-state index contributed by atoms with van der Waals surface area (Å²) in [5, 5.41) is 12.6. The van der Waals surface area contributed by atoms with E-state index < -0.39 is 0 Å². The first kappa shape index (κ1) is 20.9. The average Bonchev–Trinajstić information content (AvgIpc) is 3.24. The number of hydrogen-bond acceptors (Lipinski definition) is 3. The van der Waals surface area contributed by atoms with Crippen molar-refractivity contribution in [2.45, 2.75) is 33.9 Å². The van der Waals surface area contributed by atoms with Gasteiger partial charge in [0, 0.05) is 28.0 Å². The zero-order valence-electron chi connectivity index (χ0n) is 17.8. The van der Waals surface area contributed by atoms with Crippen molar-refractivity contribution in [3.8, 4) is 0 Å². The van der Waals surface area contributed by atoms with Crippen LogP contribution in [0.1, 0.15) is 38.6 Å². The lowest BCUT2D eigenvalue weighted by Crippen LogP contribution is -2.14. The Bertz CT molecular complexity index is 1240. The predicted octanol–water partition coefficient (Wildman–Crippen LogP) is 5.01. The van der Waals surface area contributed by atoms with Gasteiger partial charge in [0.05, 0.1) is 18.8 Å². The number of aryl methyl sites for hydroxylation is 3. The maximum absolute atomic E-state index is 12.8. The Labute approximate surface area is 186 Å². The van der Waals surface area contributed by atoms with Gasteiger partial charge in [0.1, 0.15) is 0 Å². The fourth-order valence-electron chi connectivity index (χ4n) is 3.53. The van der Waals surface area contributed by atoms with E-state index in [0.29, 0.717) is 29.5 Å². The number of hydrogen-bond donors (Lipinski definition) is 1. The molecule has 0 saturated heterocycles. The molecule has 1 N–H and O–H groups in total. The van der Waals surface area contributed by atoms with Crippen LogP contribution in [0.2, 0.25) is 5.02 Å². The van der Waals surface area contributed by atoms with Gasteiger partial charge >= 0.3 is 0 Å². The molecule has 0 fully saturated rings. The van der Waals surface area contributed by atoms with Crippen LogP contribution in [0.4, 0.5) is 5.82 Å². The molecule has 2 aromatic carbocycles. The highest BCUT2D eigenvalue weighted by molar-refractivity contribution is 6.31. The lowest BCUT2D eigenvalue weighted by atomic mass is 10.1. The van der Waals surface area contributed by atoms with Crippen LogP contribution < -0.4 is 5.32 Å². The molecule has 6 nitrogen and oxygen atoms in total. The zero-order chi connectivity index (χ0) is 22.0. The first-order valence-corrected chi connectivity index (χ1v) is 10.5. The fourth-order valence-corrected chi connectivity index (χ4v) is 3.72. The van der Waals surface area contributed by atoms with Crippen LogP contribution in [-0.2, 0) is 13.1 Å². The molecule has 2 heterocycles. The maximum Gasteiger partial charge on any atom is 0.256 e. The van der Waals surface area contributed by atoms with Crippen molar-refractivity contribution in [3.63, 3.8) is 0 Å². The number of benzene rings is 2. The van der Waals surface area contributed by atoms with Gasteiger partial charge in [-0.05, 0) is 56.2 Å². The number of carbonyl (C=O) groups excluding carboxylic acids is 1. The van der Waals surface area contributed by atoms with Crippen molar-refractivity contribution in [2.24, 2.45) is 0 Å². The van der Waals surface area contributed by atoms with Crippen molar-refractivity contribution < 1.29 is 4.79 Å². The smallest absolute Gasteiger partial charge is 0.256 e.